The molecule has 0 aliphatic heterocycles. The molecule has 0 aromatic heterocycles. The van der Waals surface area contributed by atoms with Crippen molar-refractivity contribution in [3.8, 4) is 11.5 Å². The summed E-state index contributed by atoms with van der Waals surface area (Å²) in [5, 5.41) is 14.6. The summed E-state index contributed by atoms with van der Waals surface area (Å²) in [4.78, 5) is 12.6. The average Bonchev–Trinajstić information content (AvgIpc) is 2.61. The zero-order valence-electron chi connectivity index (χ0n) is 13.5. The summed E-state index contributed by atoms with van der Waals surface area (Å²) in [6.45, 7) is 2.71. The van der Waals surface area contributed by atoms with Crippen LogP contribution in [0.1, 0.15) is 23.7 Å². The van der Waals surface area contributed by atoms with Crippen molar-refractivity contribution in [1.82, 2.24) is 0 Å². The molecule has 0 bridgehead atoms. The Morgan fingerprint density at radius 3 is 2.54 bits per heavy atom. The molecule has 24 heavy (non-hydrogen) atoms. The molecule has 0 fully saturated rings. The van der Waals surface area contributed by atoms with Gasteiger partial charge < -0.3 is 15.2 Å². The first-order valence-corrected chi connectivity index (χ1v) is 7.94. The quantitative estimate of drug-likeness (QED) is 0.723. The number of aromatic hydroxyl groups is 1. The molecule has 0 aliphatic rings. The number of nitrogens with one attached hydrogen (secondary N) is 1. The molecule has 0 heterocycles. The molecule has 0 unspecified atom stereocenters. The Labute approximate surface area is 140 Å². The maximum absolute atomic E-state index is 12.6. The molecule has 0 radical (unpaired) electrons. The third-order valence-electron chi connectivity index (χ3n) is 3.72. The van der Waals surface area contributed by atoms with Gasteiger partial charge in [-0.15, -0.1) is 0 Å². The van der Waals surface area contributed by atoms with Crippen LogP contribution in [0.3, 0.4) is 0 Å². The van der Waals surface area contributed by atoms with E-state index in [1.54, 1.807) is 24.3 Å². The summed E-state index contributed by atoms with van der Waals surface area (Å²) in [7, 11) is 0. The van der Waals surface area contributed by atoms with E-state index in [0.717, 1.165) is 22.9 Å². The number of amides is 1. The van der Waals surface area contributed by atoms with E-state index in [1.165, 1.54) is 0 Å². The van der Waals surface area contributed by atoms with Crippen LogP contribution < -0.4 is 10.1 Å². The van der Waals surface area contributed by atoms with Gasteiger partial charge in [0.25, 0.3) is 5.91 Å². The van der Waals surface area contributed by atoms with Gasteiger partial charge in [0.05, 0.1) is 12.2 Å². The van der Waals surface area contributed by atoms with E-state index in [0.29, 0.717) is 12.3 Å². The van der Waals surface area contributed by atoms with Crippen molar-refractivity contribution in [1.29, 1.82) is 0 Å². The highest BCUT2D eigenvalue weighted by Crippen LogP contribution is 2.28. The van der Waals surface area contributed by atoms with Crippen molar-refractivity contribution in [2.75, 3.05) is 11.9 Å². The van der Waals surface area contributed by atoms with E-state index in [4.69, 9.17) is 4.74 Å². The first-order valence-electron chi connectivity index (χ1n) is 7.94. The van der Waals surface area contributed by atoms with Crippen molar-refractivity contribution in [2.45, 2.75) is 13.3 Å². The molecule has 0 spiro atoms. The van der Waals surface area contributed by atoms with E-state index in [1.807, 2.05) is 43.3 Å². The summed E-state index contributed by atoms with van der Waals surface area (Å²) in [6, 6.07) is 18.0. The third kappa shape index (κ3) is 3.33. The molecule has 3 rings (SSSR count). The van der Waals surface area contributed by atoms with Crippen molar-refractivity contribution in [2.24, 2.45) is 0 Å². The second-order valence-corrected chi connectivity index (χ2v) is 5.51. The van der Waals surface area contributed by atoms with Crippen molar-refractivity contribution < 1.29 is 14.6 Å². The monoisotopic (exact) mass is 321 g/mol. The summed E-state index contributed by atoms with van der Waals surface area (Å²) < 4.78 is 5.52. The summed E-state index contributed by atoms with van der Waals surface area (Å²) in [5.41, 5.74) is 0.926. The number of phenolic OH excluding ortho intramolecular Hbond substituents is 1. The van der Waals surface area contributed by atoms with Crippen LogP contribution in [0.2, 0.25) is 0 Å². The van der Waals surface area contributed by atoms with Crippen molar-refractivity contribution in [3.63, 3.8) is 0 Å². The summed E-state index contributed by atoms with van der Waals surface area (Å²) in [5.74, 6) is 0.392. The molecule has 2 N–H and O–H groups in total. The number of ether oxygens (including phenoxy) is 1. The molecule has 0 saturated carbocycles. The minimum absolute atomic E-state index is 0.0332. The Hall–Kier alpha value is -3.01. The number of hydrogen-bond acceptors (Lipinski definition) is 3. The predicted octanol–water partition coefficient (Wildman–Crippen LogP) is 4.59. The number of phenols is 1. The van der Waals surface area contributed by atoms with Gasteiger partial charge in [-0.1, -0.05) is 37.3 Å². The van der Waals surface area contributed by atoms with Crippen LogP contribution in [-0.2, 0) is 0 Å². The second kappa shape index (κ2) is 7.04. The third-order valence-corrected chi connectivity index (χ3v) is 3.72. The SMILES string of the molecule is CCCOc1ccc(NC(=O)c2c(O)ccc3ccccc23)cc1. The number of carbonyl (C=O) groups excluding carboxylic acids is 1. The lowest BCUT2D eigenvalue weighted by atomic mass is 10.0. The lowest BCUT2D eigenvalue weighted by molar-refractivity contribution is 0.102. The number of hydrogen-bond donors (Lipinski definition) is 2. The Kier molecular flexibility index (Phi) is 4.66. The molecule has 1 amide bonds. The smallest absolute Gasteiger partial charge is 0.260 e. The van der Waals surface area contributed by atoms with Gasteiger partial charge in [0.1, 0.15) is 11.5 Å². The maximum Gasteiger partial charge on any atom is 0.260 e. The summed E-state index contributed by atoms with van der Waals surface area (Å²) in [6.07, 6.45) is 0.943. The molecule has 4 nitrogen and oxygen atoms in total. The van der Waals surface area contributed by atoms with E-state index < -0.39 is 0 Å². The Morgan fingerprint density at radius 1 is 1.04 bits per heavy atom. The highest BCUT2D eigenvalue weighted by Gasteiger charge is 2.15. The highest BCUT2D eigenvalue weighted by molar-refractivity contribution is 6.14. The fourth-order valence-corrected chi connectivity index (χ4v) is 2.55. The standard InChI is InChI=1S/C20H19NO3/c1-2-13-24-16-10-8-15(9-11-16)21-20(23)19-17-6-4-3-5-14(17)7-12-18(19)22/h3-12,22H,2,13H2,1H3,(H,21,23). The Balaban J connectivity index is 1.84. The highest BCUT2D eigenvalue weighted by atomic mass is 16.5. The molecule has 122 valence electrons. The zero-order chi connectivity index (χ0) is 16.9. The first kappa shape index (κ1) is 15.9. The molecular weight excluding hydrogens is 302 g/mol. The van der Waals surface area contributed by atoms with Gasteiger partial charge in [-0.3, -0.25) is 4.79 Å². The normalized spacial score (nSPS) is 10.5. The first-order chi connectivity index (χ1) is 11.7. The predicted molar refractivity (Wildman–Crippen MR) is 95.8 cm³/mol. The van der Waals surface area contributed by atoms with Crippen LogP contribution in [0.4, 0.5) is 5.69 Å². The molecular formula is C20H19NO3. The van der Waals surface area contributed by atoms with Crippen LogP contribution in [-0.4, -0.2) is 17.6 Å². The maximum atomic E-state index is 12.6. The van der Waals surface area contributed by atoms with Gasteiger partial charge >= 0.3 is 0 Å². The van der Waals surface area contributed by atoms with Crippen LogP contribution >= 0.6 is 0 Å². The van der Waals surface area contributed by atoms with Gasteiger partial charge in [-0.25, -0.2) is 0 Å². The van der Waals surface area contributed by atoms with Crippen molar-refractivity contribution in [3.05, 3.63) is 66.2 Å². The molecule has 0 aliphatic carbocycles. The molecule has 0 atom stereocenters. The van der Waals surface area contributed by atoms with E-state index in [2.05, 4.69) is 5.32 Å². The average molecular weight is 321 g/mol. The van der Waals surface area contributed by atoms with Gasteiger partial charge in [-0.05, 0) is 47.5 Å². The fraction of sp³-hybridized carbons (Fsp3) is 0.150. The van der Waals surface area contributed by atoms with Crippen LogP contribution in [0, 0.1) is 0 Å². The topological polar surface area (TPSA) is 58.6 Å². The minimum atomic E-state index is -0.341. The summed E-state index contributed by atoms with van der Waals surface area (Å²) >= 11 is 0. The fourth-order valence-electron chi connectivity index (χ4n) is 2.55. The largest absolute Gasteiger partial charge is 0.507 e. The van der Waals surface area contributed by atoms with Crippen LogP contribution in [0.15, 0.2) is 60.7 Å². The second-order valence-electron chi connectivity index (χ2n) is 5.51. The molecule has 4 heteroatoms. The van der Waals surface area contributed by atoms with Gasteiger partial charge in [0.2, 0.25) is 0 Å². The van der Waals surface area contributed by atoms with E-state index >= 15 is 0 Å². The number of benzene rings is 3. The zero-order valence-corrected chi connectivity index (χ0v) is 13.5. The number of fused-ring (bicyclic) bond motifs is 1. The van der Waals surface area contributed by atoms with Crippen LogP contribution in [0.5, 0.6) is 11.5 Å². The number of anilines is 1. The molecule has 3 aromatic rings. The molecule has 0 saturated heterocycles. The van der Waals surface area contributed by atoms with Crippen LogP contribution in [0.25, 0.3) is 10.8 Å². The van der Waals surface area contributed by atoms with E-state index in [9.17, 15) is 9.90 Å². The van der Waals surface area contributed by atoms with Gasteiger partial charge in [0, 0.05) is 5.69 Å². The minimum Gasteiger partial charge on any atom is -0.507 e. The molecule has 3 aromatic carbocycles. The Bertz CT molecular complexity index is 856. The number of carbonyl (C=O) groups is 1. The lowest BCUT2D eigenvalue weighted by Crippen LogP contribution is -2.12. The van der Waals surface area contributed by atoms with Crippen molar-refractivity contribution >= 4 is 22.4 Å². The number of rotatable bonds is 5. The van der Waals surface area contributed by atoms with Gasteiger partial charge in [0.15, 0.2) is 0 Å². The lowest BCUT2D eigenvalue weighted by Gasteiger charge is -2.11. The van der Waals surface area contributed by atoms with E-state index in [-0.39, 0.29) is 17.2 Å². The Morgan fingerprint density at radius 2 is 1.79 bits per heavy atom. The van der Waals surface area contributed by atoms with Gasteiger partial charge in [-0.2, -0.15) is 0 Å².